The van der Waals surface area contributed by atoms with E-state index in [1.807, 2.05) is 32.6 Å². The van der Waals surface area contributed by atoms with Crippen molar-refractivity contribution in [2.45, 2.75) is 64.9 Å². The monoisotopic (exact) mass is 504 g/mol. The molecule has 1 aromatic carbocycles. The largest absolute Gasteiger partial charge is 0.463 e. The molecule has 1 aromatic heterocycles. The molecule has 0 spiro atoms. The topological polar surface area (TPSA) is 96.9 Å². The Morgan fingerprint density at radius 3 is 2.38 bits per heavy atom. The predicted octanol–water partition coefficient (Wildman–Crippen LogP) is 4.42. The zero-order valence-corrected chi connectivity index (χ0v) is 22.6. The van der Waals surface area contributed by atoms with Gasteiger partial charge in [-0.1, -0.05) is 38.1 Å². The zero-order valence-electron chi connectivity index (χ0n) is 22.6. The number of nitrogens with two attached hydrogens (primary N) is 1. The molecule has 1 saturated carbocycles. The SMILES string of the molecule is CC(C)C(=O)N1CCN(CC2CCC(c3ccc(C4=Nc5c(N)ncnc5OC4(C)C)cc3)CC2)CC1. The van der Waals surface area contributed by atoms with Gasteiger partial charge in [-0.25, -0.2) is 9.98 Å². The predicted molar refractivity (Wildman–Crippen MR) is 146 cm³/mol. The fraction of sp³-hybridized carbons (Fsp3) is 0.586. The van der Waals surface area contributed by atoms with E-state index >= 15 is 0 Å². The van der Waals surface area contributed by atoms with E-state index in [9.17, 15) is 4.79 Å². The normalized spacial score (nSPS) is 23.8. The van der Waals surface area contributed by atoms with E-state index in [2.05, 4.69) is 39.1 Å². The van der Waals surface area contributed by atoms with E-state index in [1.165, 1.54) is 44.1 Å². The van der Waals surface area contributed by atoms with Crippen LogP contribution in [0.5, 0.6) is 5.88 Å². The number of anilines is 1. The lowest BCUT2D eigenvalue weighted by Crippen LogP contribution is -2.50. The fourth-order valence-corrected chi connectivity index (χ4v) is 5.98. The van der Waals surface area contributed by atoms with E-state index in [1.54, 1.807) is 0 Å². The number of aromatic nitrogens is 2. The lowest BCUT2D eigenvalue weighted by Gasteiger charge is -2.38. The van der Waals surface area contributed by atoms with Crippen molar-refractivity contribution in [3.63, 3.8) is 0 Å². The molecule has 0 atom stereocenters. The number of benzene rings is 1. The maximum atomic E-state index is 12.3. The molecule has 37 heavy (non-hydrogen) atoms. The molecule has 0 unspecified atom stereocenters. The molecule has 2 N–H and O–H groups in total. The van der Waals surface area contributed by atoms with Gasteiger partial charge in [-0.15, -0.1) is 0 Å². The average molecular weight is 505 g/mol. The molecule has 198 valence electrons. The molecule has 8 nitrogen and oxygen atoms in total. The maximum absolute atomic E-state index is 12.3. The molecule has 0 radical (unpaired) electrons. The van der Waals surface area contributed by atoms with Gasteiger partial charge in [-0.2, -0.15) is 4.98 Å². The molecule has 2 aromatic rings. The third-order valence-electron chi connectivity index (χ3n) is 8.16. The second-order valence-corrected chi connectivity index (χ2v) is 11.6. The average Bonchev–Trinajstić information content (AvgIpc) is 2.89. The van der Waals surface area contributed by atoms with Gasteiger partial charge in [0.05, 0.1) is 5.71 Å². The number of nitrogens with zero attached hydrogens (tertiary/aromatic N) is 5. The van der Waals surface area contributed by atoms with Crippen LogP contribution in [0, 0.1) is 11.8 Å². The summed E-state index contributed by atoms with van der Waals surface area (Å²) in [5.41, 5.74) is 9.21. The second-order valence-electron chi connectivity index (χ2n) is 11.6. The van der Waals surface area contributed by atoms with Crippen molar-refractivity contribution < 1.29 is 9.53 Å². The smallest absolute Gasteiger partial charge is 0.246 e. The van der Waals surface area contributed by atoms with Crippen molar-refractivity contribution in [1.82, 2.24) is 19.8 Å². The molecule has 1 aliphatic carbocycles. The minimum absolute atomic E-state index is 0.0940. The molecule has 1 amide bonds. The van der Waals surface area contributed by atoms with Gasteiger partial charge in [0.15, 0.2) is 11.5 Å². The van der Waals surface area contributed by atoms with Crippen molar-refractivity contribution in [3.8, 4) is 5.88 Å². The van der Waals surface area contributed by atoms with Crippen molar-refractivity contribution in [3.05, 3.63) is 41.7 Å². The highest BCUT2D eigenvalue weighted by atomic mass is 16.5. The van der Waals surface area contributed by atoms with Crippen LogP contribution in [0.4, 0.5) is 11.5 Å². The van der Waals surface area contributed by atoms with Crippen molar-refractivity contribution in [2.24, 2.45) is 16.8 Å². The molecule has 5 rings (SSSR count). The molecule has 8 heteroatoms. The first kappa shape index (κ1) is 25.6. The number of aliphatic imine (C=N–C) groups is 1. The van der Waals surface area contributed by atoms with E-state index < -0.39 is 5.60 Å². The molecule has 1 saturated heterocycles. The summed E-state index contributed by atoms with van der Waals surface area (Å²) in [6.45, 7) is 12.9. The van der Waals surface area contributed by atoms with Crippen LogP contribution in [0.25, 0.3) is 0 Å². The summed E-state index contributed by atoms with van der Waals surface area (Å²) in [6, 6.07) is 8.83. The number of rotatable bonds is 5. The highest BCUT2D eigenvalue weighted by molar-refractivity contribution is 6.09. The molecular formula is C29H40N6O2. The van der Waals surface area contributed by atoms with Gasteiger partial charge in [0.25, 0.3) is 0 Å². The van der Waals surface area contributed by atoms with Gasteiger partial charge in [0, 0.05) is 44.2 Å². The van der Waals surface area contributed by atoms with E-state index in [-0.39, 0.29) is 5.92 Å². The summed E-state index contributed by atoms with van der Waals surface area (Å²) in [5, 5.41) is 0. The Bertz CT molecular complexity index is 1140. The Balaban J connectivity index is 1.16. The first-order chi connectivity index (χ1) is 17.7. The van der Waals surface area contributed by atoms with Crippen LogP contribution in [-0.4, -0.2) is 69.7 Å². The number of hydrogen-bond acceptors (Lipinski definition) is 7. The van der Waals surface area contributed by atoms with Crippen LogP contribution in [0.15, 0.2) is 35.6 Å². The summed E-state index contributed by atoms with van der Waals surface area (Å²) in [7, 11) is 0. The minimum atomic E-state index is -0.610. The van der Waals surface area contributed by atoms with Crippen molar-refractivity contribution in [1.29, 1.82) is 0 Å². The Kier molecular flexibility index (Phi) is 7.21. The Morgan fingerprint density at radius 1 is 1.05 bits per heavy atom. The minimum Gasteiger partial charge on any atom is -0.463 e. The highest BCUT2D eigenvalue weighted by Gasteiger charge is 2.35. The fourth-order valence-electron chi connectivity index (χ4n) is 5.98. The molecule has 3 heterocycles. The molecule has 2 aliphatic heterocycles. The van der Waals surface area contributed by atoms with Crippen LogP contribution in [-0.2, 0) is 4.79 Å². The van der Waals surface area contributed by atoms with Gasteiger partial charge in [-0.3, -0.25) is 9.69 Å². The standard InChI is InChI=1S/C29H40N6O2/c1-19(2)28(36)35-15-13-34(14-16-35)17-20-5-7-21(8-6-20)22-9-11-23(12-10-22)25-29(3,4)37-27-24(33-25)26(30)31-18-32-27/h9-12,18-21H,5-8,13-17H2,1-4H3,(H2,30,31,32). The number of ether oxygens (including phenoxy) is 1. The lowest BCUT2D eigenvalue weighted by atomic mass is 9.78. The number of piperazine rings is 1. The van der Waals surface area contributed by atoms with Crippen molar-refractivity contribution >= 4 is 23.1 Å². The Labute approximate surface area is 220 Å². The first-order valence-electron chi connectivity index (χ1n) is 13.7. The van der Waals surface area contributed by atoms with Gasteiger partial charge in [-0.05, 0) is 56.9 Å². The van der Waals surface area contributed by atoms with Gasteiger partial charge >= 0.3 is 0 Å². The van der Waals surface area contributed by atoms with Gasteiger partial charge in [0.2, 0.25) is 11.8 Å². The summed E-state index contributed by atoms with van der Waals surface area (Å²) in [5.74, 6) is 2.51. The molecule has 2 fully saturated rings. The third-order valence-corrected chi connectivity index (χ3v) is 8.16. The van der Waals surface area contributed by atoms with Gasteiger partial charge < -0.3 is 15.4 Å². The third kappa shape index (κ3) is 5.49. The summed E-state index contributed by atoms with van der Waals surface area (Å²) in [4.78, 5) is 29.9. The van der Waals surface area contributed by atoms with Crippen LogP contribution in [0.1, 0.15) is 70.4 Å². The van der Waals surface area contributed by atoms with Crippen LogP contribution in [0.2, 0.25) is 0 Å². The van der Waals surface area contributed by atoms with Crippen LogP contribution >= 0.6 is 0 Å². The lowest BCUT2D eigenvalue weighted by molar-refractivity contribution is -0.136. The number of carbonyl (C=O) groups is 1. The van der Waals surface area contributed by atoms with Crippen LogP contribution < -0.4 is 10.5 Å². The van der Waals surface area contributed by atoms with E-state index in [4.69, 9.17) is 15.5 Å². The number of nitrogen functional groups attached to an aromatic ring is 1. The molecule has 3 aliphatic rings. The number of carbonyl (C=O) groups excluding carboxylic acids is 1. The van der Waals surface area contributed by atoms with Crippen molar-refractivity contribution in [2.75, 3.05) is 38.5 Å². The highest BCUT2D eigenvalue weighted by Crippen LogP contribution is 2.40. The van der Waals surface area contributed by atoms with E-state index in [0.717, 1.165) is 43.4 Å². The number of amides is 1. The molecule has 0 bridgehead atoms. The summed E-state index contributed by atoms with van der Waals surface area (Å²) < 4.78 is 6.13. The zero-order chi connectivity index (χ0) is 26.2. The van der Waals surface area contributed by atoms with Crippen LogP contribution in [0.3, 0.4) is 0 Å². The van der Waals surface area contributed by atoms with E-state index in [0.29, 0.717) is 29.2 Å². The first-order valence-corrected chi connectivity index (χ1v) is 13.7. The second kappa shape index (κ2) is 10.4. The number of hydrogen-bond donors (Lipinski definition) is 1. The molecular weight excluding hydrogens is 464 g/mol. The quantitative estimate of drug-likeness (QED) is 0.647. The summed E-state index contributed by atoms with van der Waals surface area (Å²) in [6.07, 6.45) is 6.39. The Morgan fingerprint density at radius 2 is 1.73 bits per heavy atom. The maximum Gasteiger partial charge on any atom is 0.246 e. The summed E-state index contributed by atoms with van der Waals surface area (Å²) >= 11 is 0. The number of fused-ring (bicyclic) bond motifs is 1. The Hall–Kier alpha value is -3.00. The van der Waals surface area contributed by atoms with Gasteiger partial charge in [0.1, 0.15) is 11.9 Å².